The lowest BCUT2D eigenvalue weighted by Gasteiger charge is -2.11. The first-order valence-corrected chi connectivity index (χ1v) is 11.7. The van der Waals surface area contributed by atoms with E-state index in [0.29, 0.717) is 33.5 Å². The van der Waals surface area contributed by atoms with E-state index in [9.17, 15) is 18.8 Å². The van der Waals surface area contributed by atoms with Gasteiger partial charge in [-0.3, -0.25) is 30.2 Å². The van der Waals surface area contributed by atoms with E-state index in [-0.39, 0.29) is 17.4 Å². The second-order valence-corrected chi connectivity index (χ2v) is 8.32. The minimum atomic E-state index is -0.506. The number of carbonyl (C=O) groups excluding carboxylic acids is 3. The van der Waals surface area contributed by atoms with E-state index in [1.54, 1.807) is 42.6 Å². The molecule has 4 aromatic rings. The first kappa shape index (κ1) is 23.8. The molecule has 0 aliphatic rings. The van der Waals surface area contributed by atoms with E-state index in [1.807, 2.05) is 12.1 Å². The summed E-state index contributed by atoms with van der Waals surface area (Å²) >= 11 is 1.07. The van der Waals surface area contributed by atoms with E-state index >= 15 is 0 Å². The highest BCUT2D eigenvalue weighted by Gasteiger charge is 2.15. The smallest absolute Gasteiger partial charge is 0.270 e. The van der Waals surface area contributed by atoms with Crippen molar-refractivity contribution in [2.45, 2.75) is 0 Å². The van der Waals surface area contributed by atoms with Gasteiger partial charge >= 0.3 is 0 Å². The number of hydrogen-bond acceptors (Lipinski definition) is 6. The van der Waals surface area contributed by atoms with Crippen molar-refractivity contribution in [3.63, 3.8) is 0 Å². The molecule has 0 atom stereocenters. The molecule has 0 unspecified atom stereocenters. The molecule has 3 amide bonds. The molecule has 0 aliphatic heterocycles. The number of halogens is 1. The van der Waals surface area contributed by atoms with Gasteiger partial charge < -0.3 is 5.32 Å². The Morgan fingerprint density at radius 3 is 2.34 bits per heavy atom. The van der Waals surface area contributed by atoms with Crippen molar-refractivity contribution in [2.75, 3.05) is 16.8 Å². The van der Waals surface area contributed by atoms with Crippen LogP contribution in [0.5, 0.6) is 0 Å². The second-order valence-electron chi connectivity index (χ2n) is 7.34. The number of anilines is 1. The minimum absolute atomic E-state index is 0.0151. The summed E-state index contributed by atoms with van der Waals surface area (Å²) in [5.41, 5.74) is 7.35. The van der Waals surface area contributed by atoms with Crippen molar-refractivity contribution in [3.05, 3.63) is 90.4 Å². The standard InChI is InChI=1S/C25H20FN5O3S/c26-16-8-10-17(11-9-16)28-23(32)14-35-15-24(33)30-31-25(34)19-13-22(21-7-3-4-12-27-21)29-20-6-2-1-5-18(19)20/h1-13H,14-15H2,(H,28,32)(H,30,33)(H,31,34). The average molecular weight is 490 g/mol. The lowest BCUT2D eigenvalue weighted by Crippen LogP contribution is -2.42. The molecule has 0 spiro atoms. The maximum atomic E-state index is 12.9. The molecule has 0 fully saturated rings. The van der Waals surface area contributed by atoms with Crippen molar-refractivity contribution in [3.8, 4) is 11.4 Å². The summed E-state index contributed by atoms with van der Waals surface area (Å²) in [6.07, 6.45) is 1.64. The van der Waals surface area contributed by atoms with Crippen molar-refractivity contribution >= 4 is 46.1 Å². The van der Waals surface area contributed by atoms with Crippen LogP contribution >= 0.6 is 11.8 Å². The summed E-state index contributed by atoms with van der Waals surface area (Å²) in [6, 6.07) is 19.6. The number of hydrogen-bond donors (Lipinski definition) is 3. The van der Waals surface area contributed by atoms with Gasteiger partial charge in [-0.1, -0.05) is 24.3 Å². The number of pyridine rings is 2. The van der Waals surface area contributed by atoms with Gasteiger partial charge in [-0.25, -0.2) is 9.37 Å². The van der Waals surface area contributed by atoms with Crippen LogP contribution in [0.15, 0.2) is 79.0 Å². The fourth-order valence-electron chi connectivity index (χ4n) is 3.21. The van der Waals surface area contributed by atoms with Crippen LogP contribution in [-0.4, -0.2) is 39.2 Å². The minimum Gasteiger partial charge on any atom is -0.325 e. The van der Waals surface area contributed by atoms with Crippen LogP contribution in [0, 0.1) is 5.82 Å². The number of hydrazine groups is 1. The molecular weight excluding hydrogens is 469 g/mol. The van der Waals surface area contributed by atoms with Crippen LogP contribution in [0.25, 0.3) is 22.3 Å². The van der Waals surface area contributed by atoms with E-state index in [4.69, 9.17) is 0 Å². The predicted octanol–water partition coefficient (Wildman–Crippen LogP) is 3.57. The van der Waals surface area contributed by atoms with Gasteiger partial charge in [-0.2, -0.15) is 0 Å². The third-order valence-corrected chi connectivity index (χ3v) is 5.73. The first-order chi connectivity index (χ1) is 17.0. The number of nitrogens with zero attached hydrogens (tertiary/aromatic N) is 2. The van der Waals surface area contributed by atoms with E-state index < -0.39 is 17.6 Å². The number of nitrogens with one attached hydrogen (secondary N) is 3. The Morgan fingerprint density at radius 2 is 1.57 bits per heavy atom. The number of thioether (sulfide) groups is 1. The lowest BCUT2D eigenvalue weighted by molar-refractivity contribution is -0.119. The van der Waals surface area contributed by atoms with Crippen LogP contribution in [0.3, 0.4) is 0 Å². The average Bonchev–Trinajstić information content (AvgIpc) is 2.88. The molecule has 0 radical (unpaired) electrons. The fourth-order valence-corrected chi connectivity index (χ4v) is 3.82. The van der Waals surface area contributed by atoms with Gasteiger partial charge in [0.1, 0.15) is 5.82 Å². The van der Waals surface area contributed by atoms with Gasteiger partial charge in [0.05, 0.1) is 34.0 Å². The maximum absolute atomic E-state index is 12.9. The van der Waals surface area contributed by atoms with Crippen LogP contribution < -0.4 is 16.2 Å². The molecule has 10 heteroatoms. The number of fused-ring (bicyclic) bond motifs is 1. The SMILES string of the molecule is O=C(CSCC(=O)Nc1ccc(F)cc1)NNC(=O)c1cc(-c2ccccn2)nc2ccccc12. The Bertz CT molecular complexity index is 1370. The quantitative estimate of drug-likeness (QED) is 0.342. The molecule has 0 saturated carbocycles. The molecule has 4 rings (SSSR count). The number of carbonyl (C=O) groups is 3. The molecule has 3 N–H and O–H groups in total. The number of aromatic nitrogens is 2. The van der Waals surface area contributed by atoms with E-state index in [1.165, 1.54) is 24.3 Å². The zero-order valence-electron chi connectivity index (χ0n) is 18.3. The van der Waals surface area contributed by atoms with Gasteiger partial charge in [0, 0.05) is 17.3 Å². The predicted molar refractivity (Wildman–Crippen MR) is 133 cm³/mol. The van der Waals surface area contributed by atoms with Crippen LogP contribution in [0.1, 0.15) is 10.4 Å². The zero-order chi connectivity index (χ0) is 24.6. The third-order valence-electron chi connectivity index (χ3n) is 4.80. The molecule has 0 bridgehead atoms. The molecule has 0 saturated heterocycles. The van der Waals surface area contributed by atoms with Gasteiger partial charge in [0.15, 0.2) is 0 Å². The molecule has 0 aliphatic carbocycles. The Morgan fingerprint density at radius 1 is 0.829 bits per heavy atom. The third kappa shape index (κ3) is 6.39. The number of para-hydroxylation sites is 1. The van der Waals surface area contributed by atoms with Crippen molar-refractivity contribution in [1.82, 2.24) is 20.8 Å². The van der Waals surface area contributed by atoms with Crippen molar-refractivity contribution < 1.29 is 18.8 Å². The van der Waals surface area contributed by atoms with Gasteiger partial charge in [0.25, 0.3) is 5.91 Å². The Kier molecular flexibility index (Phi) is 7.63. The number of rotatable bonds is 7. The number of benzene rings is 2. The highest BCUT2D eigenvalue weighted by atomic mass is 32.2. The van der Waals surface area contributed by atoms with Crippen molar-refractivity contribution in [1.29, 1.82) is 0 Å². The summed E-state index contributed by atoms with van der Waals surface area (Å²) < 4.78 is 12.9. The Hall–Kier alpha value is -4.31. The highest BCUT2D eigenvalue weighted by Crippen LogP contribution is 2.23. The Labute approximate surface area is 204 Å². The monoisotopic (exact) mass is 489 g/mol. The summed E-state index contributed by atoms with van der Waals surface area (Å²) in [6.45, 7) is 0. The normalized spacial score (nSPS) is 10.5. The molecule has 35 heavy (non-hydrogen) atoms. The van der Waals surface area contributed by atoms with Crippen LogP contribution in [0.2, 0.25) is 0 Å². The molecule has 2 heterocycles. The van der Waals surface area contributed by atoms with Gasteiger partial charge in [0.2, 0.25) is 11.8 Å². The molecule has 8 nitrogen and oxygen atoms in total. The van der Waals surface area contributed by atoms with E-state index in [2.05, 4.69) is 26.1 Å². The molecule has 176 valence electrons. The summed E-state index contributed by atoms with van der Waals surface area (Å²) in [7, 11) is 0. The maximum Gasteiger partial charge on any atom is 0.270 e. The molecular formula is C25H20FN5O3S. The first-order valence-electron chi connectivity index (χ1n) is 10.5. The van der Waals surface area contributed by atoms with Crippen LogP contribution in [0.4, 0.5) is 10.1 Å². The van der Waals surface area contributed by atoms with Gasteiger partial charge in [-0.05, 0) is 48.5 Å². The molecule has 2 aromatic carbocycles. The van der Waals surface area contributed by atoms with E-state index in [0.717, 1.165) is 11.8 Å². The Balaban J connectivity index is 1.33. The lowest BCUT2D eigenvalue weighted by atomic mass is 10.1. The van der Waals surface area contributed by atoms with Crippen molar-refractivity contribution in [2.24, 2.45) is 0 Å². The fraction of sp³-hybridized carbons (Fsp3) is 0.0800. The molecule has 2 aromatic heterocycles. The second kappa shape index (κ2) is 11.2. The summed E-state index contributed by atoms with van der Waals surface area (Å²) in [5.74, 6) is -1.74. The zero-order valence-corrected chi connectivity index (χ0v) is 19.1. The van der Waals surface area contributed by atoms with Crippen LogP contribution in [-0.2, 0) is 9.59 Å². The summed E-state index contributed by atoms with van der Waals surface area (Å²) in [5, 5.41) is 3.24. The van der Waals surface area contributed by atoms with Gasteiger partial charge in [-0.15, -0.1) is 11.8 Å². The summed E-state index contributed by atoms with van der Waals surface area (Å²) in [4.78, 5) is 45.9. The largest absolute Gasteiger partial charge is 0.325 e. The highest BCUT2D eigenvalue weighted by molar-refractivity contribution is 8.00. The topological polar surface area (TPSA) is 113 Å². The number of amides is 3.